The van der Waals surface area contributed by atoms with Gasteiger partial charge in [-0.25, -0.2) is 0 Å². The third kappa shape index (κ3) is 4.90. The zero-order valence-corrected chi connectivity index (χ0v) is 6.04. The largest absolute Gasteiger partial charge is 0.369 e. The van der Waals surface area contributed by atoms with Gasteiger partial charge in [0.25, 0.3) is 0 Å². The van der Waals surface area contributed by atoms with E-state index in [0.717, 1.165) is 0 Å². The van der Waals surface area contributed by atoms with E-state index in [1.807, 2.05) is 0 Å². The molecular formula is C7H10N2O2. The molecule has 2 amide bonds. The topological polar surface area (TPSA) is 72.2 Å². The fraction of sp³-hybridized carbons (Fsp3) is 0.143. The first-order valence-electron chi connectivity index (χ1n) is 3.01. The van der Waals surface area contributed by atoms with Crippen molar-refractivity contribution in [3.05, 3.63) is 24.4 Å². The van der Waals surface area contributed by atoms with Crippen LogP contribution in [0.3, 0.4) is 0 Å². The summed E-state index contributed by atoms with van der Waals surface area (Å²) in [5.74, 6) is -0.447. The van der Waals surface area contributed by atoms with E-state index in [4.69, 9.17) is 5.73 Å². The van der Waals surface area contributed by atoms with Gasteiger partial charge in [0.05, 0.1) is 0 Å². The Kier molecular flexibility index (Phi) is 4.47. The van der Waals surface area contributed by atoms with Crippen LogP contribution in [-0.4, -0.2) is 12.3 Å². The van der Waals surface area contributed by atoms with E-state index in [-0.39, 0.29) is 6.42 Å². The molecule has 0 bridgehead atoms. The molecule has 3 N–H and O–H groups in total. The molecule has 0 saturated heterocycles. The zero-order chi connectivity index (χ0) is 8.69. The minimum absolute atomic E-state index is 0.0994. The summed E-state index contributed by atoms with van der Waals surface area (Å²) in [6.07, 6.45) is 3.53. The number of nitrogens with one attached hydrogen (secondary N) is 1. The molecule has 0 aliphatic rings. The highest BCUT2D eigenvalue weighted by Crippen LogP contribution is 1.91. The van der Waals surface area contributed by atoms with Gasteiger partial charge in [-0.2, -0.15) is 0 Å². The summed E-state index contributed by atoms with van der Waals surface area (Å²) in [5, 5.41) is 2.34. The van der Waals surface area contributed by atoms with Gasteiger partial charge in [-0.1, -0.05) is 12.7 Å². The Morgan fingerprint density at radius 2 is 2.27 bits per heavy atom. The fourth-order valence-electron chi connectivity index (χ4n) is 0.480. The van der Waals surface area contributed by atoms with Gasteiger partial charge in [0.15, 0.2) is 0 Å². The highest BCUT2D eigenvalue weighted by molar-refractivity contribution is 5.75. The first-order valence-corrected chi connectivity index (χ1v) is 3.01. The van der Waals surface area contributed by atoms with Crippen molar-refractivity contribution in [3.8, 4) is 0 Å². The Balaban J connectivity index is 3.99. The quantitative estimate of drug-likeness (QED) is 0.420. The molecule has 0 fully saturated rings. The van der Waals surface area contributed by atoms with E-state index >= 15 is 0 Å². The molecule has 0 saturated carbocycles. The normalized spacial score (nSPS) is 10.4. The second-order valence-corrected chi connectivity index (χ2v) is 1.80. The van der Waals surface area contributed by atoms with Crippen molar-refractivity contribution >= 4 is 12.3 Å². The molecule has 0 unspecified atom stereocenters. The average Bonchev–Trinajstić information content (AvgIpc) is 1.97. The highest BCUT2D eigenvalue weighted by atomic mass is 16.1. The molecule has 0 aromatic heterocycles. The Morgan fingerprint density at radius 1 is 1.64 bits per heavy atom. The van der Waals surface area contributed by atoms with Crippen LogP contribution in [0.1, 0.15) is 6.42 Å². The van der Waals surface area contributed by atoms with Gasteiger partial charge in [-0.15, -0.1) is 0 Å². The minimum Gasteiger partial charge on any atom is -0.369 e. The summed E-state index contributed by atoms with van der Waals surface area (Å²) in [5.41, 5.74) is 5.34. The smallest absolute Gasteiger partial charge is 0.221 e. The molecule has 0 aromatic carbocycles. The van der Waals surface area contributed by atoms with Crippen LogP contribution >= 0.6 is 0 Å². The van der Waals surface area contributed by atoms with Gasteiger partial charge < -0.3 is 11.1 Å². The van der Waals surface area contributed by atoms with Crippen LogP contribution in [0.15, 0.2) is 24.4 Å². The van der Waals surface area contributed by atoms with E-state index in [1.54, 1.807) is 0 Å². The van der Waals surface area contributed by atoms with E-state index in [9.17, 15) is 9.59 Å². The number of rotatable bonds is 5. The van der Waals surface area contributed by atoms with Crippen molar-refractivity contribution in [1.82, 2.24) is 5.32 Å². The summed E-state index contributed by atoms with van der Waals surface area (Å²) in [7, 11) is 0. The molecule has 11 heavy (non-hydrogen) atoms. The number of primary amides is 1. The van der Waals surface area contributed by atoms with Crippen LogP contribution in [0, 0.1) is 0 Å². The summed E-state index contributed by atoms with van der Waals surface area (Å²) in [6, 6.07) is 0. The van der Waals surface area contributed by atoms with E-state index < -0.39 is 5.91 Å². The zero-order valence-electron chi connectivity index (χ0n) is 6.04. The van der Waals surface area contributed by atoms with E-state index in [2.05, 4.69) is 11.9 Å². The van der Waals surface area contributed by atoms with Crippen molar-refractivity contribution in [2.75, 3.05) is 0 Å². The van der Waals surface area contributed by atoms with Crippen LogP contribution in [0.4, 0.5) is 0 Å². The SMILES string of the molecule is C=CC(=CCC(N)=O)NC=O. The van der Waals surface area contributed by atoms with Crippen molar-refractivity contribution in [2.24, 2.45) is 5.73 Å². The molecule has 0 spiro atoms. The van der Waals surface area contributed by atoms with Crippen molar-refractivity contribution in [1.29, 1.82) is 0 Å². The highest BCUT2D eigenvalue weighted by Gasteiger charge is 1.91. The molecule has 4 nitrogen and oxygen atoms in total. The Hall–Kier alpha value is -1.58. The maximum absolute atomic E-state index is 10.3. The van der Waals surface area contributed by atoms with E-state index in [1.165, 1.54) is 12.2 Å². The summed E-state index contributed by atoms with van der Waals surface area (Å²) >= 11 is 0. The van der Waals surface area contributed by atoms with Crippen LogP contribution in [-0.2, 0) is 9.59 Å². The van der Waals surface area contributed by atoms with Crippen molar-refractivity contribution in [3.63, 3.8) is 0 Å². The molecule has 0 aliphatic carbocycles. The lowest BCUT2D eigenvalue weighted by atomic mass is 10.3. The average molecular weight is 154 g/mol. The lowest BCUT2D eigenvalue weighted by molar-refractivity contribution is -0.117. The maximum atomic E-state index is 10.3. The summed E-state index contributed by atoms with van der Waals surface area (Å²) < 4.78 is 0. The predicted molar refractivity (Wildman–Crippen MR) is 41.3 cm³/mol. The number of carbonyl (C=O) groups is 2. The predicted octanol–water partition coefficient (Wildman–Crippen LogP) is -0.322. The second-order valence-electron chi connectivity index (χ2n) is 1.80. The van der Waals surface area contributed by atoms with Gasteiger partial charge in [-0.05, 0) is 6.08 Å². The van der Waals surface area contributed by atoms with E-state index in [0.29, 0.717) is 12.1 Å². The summed E-state index contributed by atoms with van der Waals surface area (Å²) in [6.45, 7) is 3.42. The number of nitrogens with two attached hydrogens (primary N) is 1. The monoisotopic (exact) mass is 154 g/mol. The second kappa shape index (κ2) is 5.22. The molecule has 0 radical (unpaired) electrons. The number of carbonyl (C=O) groups excluding carboxylic acids is 2. The Morgan fingerprint density at radius 3 is 2.64 bits per heavy atom. The van der Waals surface area contributed by atoms with Crippen LogP contribution in [0.2, 0.25) is 0 Å². The number of hydrogen-bond acceptors (Lipinski definition) is 2. The maximum Gasteiger partial charge on any atom is 0.221 e. The number of hydrogen-bond donors (Lipinski definition) is 2. The summed E-state index contributed by atoms with van der Waals surface area (Å²) in [4.78, 5) is 20.2. The molecule has 0 atom stereocenters. The van der Waals surface area contributed by atoms with Crippen molar-refractivity contribution < 1.29 is 9.59 Å². The standard InChI is InChI=1S/C7H10N2O2/c1-2-6(9-5-10)3-4-7(8)11/h2-3,5H,1,4H2,(H2,8,11)(H,9,10). The minimum atomic E-state index is -0.447. The Bertz CT molecular complexity index is 197. The Labute approximate surface area is 64.8 Å². The van der Waals surface area contributed by atoms with Gasteiger partial charge in [0.1, 0.15) is 0 Å². The number of allylic oxidation sites excluding steroid dienone is 1. The molecule has 4 heteroatoms. The number of amides is 2. The molecule has 0 heterocycles. The van der Waals surface area contributed by atoms with Crippen molar-refractivity contribution in [2.45, 2.75) is 6.42 Å². The van der Waals surface area contributed by atoms with Gasteiger partial charge >= 0.3 is 0 Å². The van der Waals surface area contributed by atoms with Crippen LogP contribution in [0.25, 0.3) is 0 Å². The third-order valence-corrected chi connectivity index (χ3v) is 0.969. The van der Waals surface area contributed by atoms with Gasteiger partial charge in [-0.3, -0.25) is 9.59 Å². The lowest BCUT2D eigenvalue weighted by Gasteiger charge is -1.95. The third-order valence-electron chi connectivity index (χ3n) is 0.969. The van der Waals surface area contributed by atoms with Gasteiger partial charge in [0.2, 0.25) is 12.3 Å². The first-order chi connectivity index (χ1) is 5.20. The molecule has 0 rings (SSSR count). The molecule has 0 aliphatic heterocycles. The van der Waals surface area contributed by atoms with Crippen LogP contribution in [0.5, 0.6) is 0 Å². The molecule has 0 aromatic rings. The van der Waals surface area contributed by atoms with Crippen LogP contribution < -0.4 is 11.1 Å². The molecular weight excluding hydrogens is 144 g/mol. The lowest BCUT2D eigenvalue weighted by Crippen LogP contribution is -2.12. The fourth-order valence-corrected chi connectivity index (χ4v) is 0.480. The van der Waals surface area contributed by atoms with Gasteiger partial charge in [0, 0.05) is 12.1 Å². The first kappa shape index (κ1) is 9.42. The molecule has 60 valence electrons.